The predicted molar refractivity (Wildman–Crippen MR) is 86.9 cm³/mol. The van der Waals surface area contributed by atoms with E-state index in [2.05, 4.69) is 21.2 Å². The van der Waals surface area contributed by atoms with E-state index < -0.39 is 5.54 Å². The van der Waals surface area contributed by atoms with Gasteiger partial charge in [0.25, 0.3) is 5.91 Å². The molecule has 0 fully saturated rings. The molecule has 1 atom stereocenters. The molecule has 2 rings (SSSR count). The summed E-state index contributed by atoms with van der Waals surface area (Å²) >= 11 is 3.32. The molecule has 5 heteroatoms. The van der Waals surface area contributed by atoms with Crippen molar-refractivity contribution in [3.05, 3.63) is 64.1 Å². The van der Waals surface area contributed by atoms with E-state index >= 15 is 0 Å². The van der Waals surface area contributed by atoms with Gasteiger partial charge in [0.15, 0.2) is 0 Å². The Balaban J connectivity index is 2.30. The number of nitrogen functional groups attached to an aromatic ring is 1. The zero-order chi connectivity index (χ0) is 15.5. The molecular weight excluding hydrogens is 332 g/mol. The molecule has 0 spiro atoms. The lowest BCUT2D eigenvalue weighted by molar-refractivity contribution is 0.0849. The van der Waals surface area contributed by atoms with Crippen LogP contribution in [0.4, 0.5) is 5.69 Å². The van der Waals surface area contributed by atoms with Crippen LogP contribution in [-0.2, 0) is 5.54 Å². The van der Waals surface area contributed by atoms with Gasteiger partial charge in [0.1, 0.15) is 0 Å². The first-order valence-electron chi connectivity index (χ1n) is 6.51. The van der Waals surface area contributed by atoms with Crippen LogP contribution in [0.25, 0.3) is 0 Å². The lowest BCUT2D eigenvalue weighted by atomic mass is 9.92. The van der Waals surface area contributed by atoms with Crippen molar-refractivity contribution in [1.29, 1.82) is 0 Å². The summed E-state index contributed by atoms with van der Waals surface area (Å²) in [7, 11) is 0. The Morgan fingerprint density at radius 1 is 1.24 bits per heavy atom. The molecule has 21 heavy (non-hydrogen) atoms. The van der Waals surface area contributed by atoms with Gasteiger partial charge < -0.3 is 16.2 Å². The predicted octanol–water partition coefficient (Wildman–Crippen LogP) is 2.67. The van der Waals surface area contributed by atoms with Gasteiger partial charge in [-0.2, -0.15) is 0 Å². The minimum Gasteiger partial charge on any atom is -0.398 e. The monoisotopic (exact) mass is 348 g/mol. The molecule has 0 aromatic heterocycles. The fourth-order valence-electron chi connectivity index (χ4n) is 2.05. The Morgan fingerprint density at radius 3 is 2.52 bits per heavy atom. The van der Waals surface area contributed by atoms with E-state index in [9.17, 15) is 9.90 Å². The molecule has 110 valence electrons. The number of carbonyl (C=O) groups excluding carboxylic acids is 1. The van der Waals surface area contributed by atoms with Gasteiger partial charge in [-0.05, 0) is 40.5 Å². The normalized spacial score (nSPS) is 13.5. The molecule has 0 bridgehead atoms. The highest BCUT2D eigenvalue weighted by atomic mass is 79.9. The second kappa shape index (κ2) is 6.28. The number of aliphatic hydroxyl groups is 1. The van der Waals surface area contributed by atoms with Crippen molar-refractivity contribution in [2.75, 3.05) is 12.3 Å². The lowest BCUT2D eigenvalue weighted by Gasteiger charge is -2.29. The first-order valence-corrected chi connectivity index (χ1v) is 7.30. The fourth-order valence-corrected chi connectivity index (χ4v) is 2.50. The molecule has 0 radical (unpaired) electrons. The molecule has 4 nitrogen and oxygen atoms in total. The minimum absolute atomic E-state index is 0.206. The largest absolute Gasteiger partial charge is 0.398 e. The Bertz CT molecular complexity index is 646. The van der Waals surface area contributed by atoms with Crippen LogP contribution in [0.5, 0.6) is 0 Å². The molecule has 0 saturated carbocycles. The Morgan fingerprint density at radius 2 is 1.90 bits per heavy atom. The molecule has 2 aromatic carbocycles. The van der Waals surface area contributed by atoms with Gasteiger partial charge in [-0.25, -0.2) is 0 Å². The maximum atomic E-state index is 12.5. The second-order valence-corrected chi connectivity index (χ2v) is 5.81. The van der Waals surface area contributed by atoms with E-state index in [0.29, 0.717) is 15.7 Å². The van der Waals surface area contributed by atoms with Crippen molar-refractivity contribution in [3.63, 3.8) is 0 Å². The van der Waals surface area contributed by atoms with Crippen LogP contribution < -0.4 is 11.1 Å². The van der Waals surface area contributed by atoms with Crippen molar-refractivity contribution >= 4 is 27.5 Å². The van der Waals surface area contributed by atoms with Gasteiger partial charge in [-0.1, -0.05) is 36.4 Å². The number of halogens is 1. The number of nitrogens with one attached hydrogen (secondary N) is 1. The van der Waals surface area contributed by atoms with Crippen molar-refractivity contribution in [2.24, 2.45) is 0 Å². The van der Waals surface area contributed by atoms with E-state index in [1.807, 2.05) is 30.3 Å². The van der Waals surface area contributed by atoms with Crippen molar-refractivity contribution in [2.45, 2.75) is 12.5 Å². The van der Waals surface area contributed by atoms with E-state index in [4.69, 9.17) is 5.73 Å². The molecule has 0 aliphatic rings. The zero-order valence-electron chi connectivity index (χ0n) is 11.6. The highest BCUT2D eigenvalue weighted by molar-refractivity contribution is 9.10. The first-order chi connectivity index (χ1) is 9.98. The van der Waals surface area contributed by atoms with Crippen molar-refractivity contribution in [1.82, 2.24) is 5.32 Å². The fraction of sp³-hybridized carbons (Fsp3) is 0.188. The summed E-state index contributed by atoms with van der Waals surface area (Å²) in [5.74, 6) is -0.297. The maximum Gasteiger partial charge on any atom is 0.253 e. The number of hydrogen-bond acceptors (Lipinski definition) is 3. The molecule has 1 amide bonds. The van der Waals surface area contributed by atoms with E-state index in [1.54, 1.807) is 25.1 Å². The number of rotatable bonds is 4. The summed E-state index contributed by atoms with van der Waals surface area (Å²) in [6, 6.07) is 14.5. The number of nitrogens with two attached hydrogens (primary N) is 1. The summed E-state index contributed by atoms with van der Waals surface area (Å²) < 4.78 is 0.552. The highest BCUT2D eigenvalue weighted by Crippen LogP contribution is 2.26. The van der Waals surface area contributed by atoms with Crippen LogP contribution in [-0.4, -0.2) is 17.6 Å². The Labute approximate surface area is 132 Å². The number of aliphatic hydroxyl groups excluding tert-OH is 1. The second-order valence-electron chi connectivity index (χ2n) is 5.02. The van der Waals surface area contributed by atoms with Crippen LogP contribution in [0.2, 0.25) is 0 Å². The van der Waals surface area contributed by atoms with Gasteiger partial charge in [0, 0.05) is 5.69 Å². The van der Waals surface area contributed by atoms with Crippen LogP contribution in [0.15, 0.2) is 53.0 Å². The average molecular weight is 349 g/mol. The molecule has 0 heterocycles. The molecular formula is C16H17BrN2O2. The third kappa shape index (κ3) is 3.25. The van der Waals surface area contributed by atoms with E-state index in [1.165, 1.54) is 0 Å². The van der Waals surface area contributed by atoms with Crippen LogP contribution >= 0.6 is 15.9 Å². The summed E-state index contributed by atoms with van der Waals surface area (Å²) in [5, 5.41) is 12.6. The third-order valence-corrected chi connectivity index (χ3v) is 4.27. The van der Waals surface area contributed by atoms with Gasteiger partial charge in [0.2, 0.25) is 0 Å². The zero-order valence-corrected chi connectivity index (χ0v) is 13.2. The topological polar surface area (TPSA) is 75.3 Å². The number of anilines is 1. The van der Waals surface area contributed by atoms with E-state index in [0.717, 1.165) is 5.56 Å². The lowest BCUT2D eigenvalue weighted by Crippen LogP contribution is -2.46. The minimum atomic E-state index is -0.859. The molecule has 1 unspecified atom stereocenters. The Kier molecular flexibility index (Phi) is 4.65. The molecule has 0 saturated heterocycles. The number of amides is 1. The van der Waals surface area contributed by atoms with Crippen molar-refractivity contribution in [3.8, 4) is 0 Å². The molecule has 2 aromatic rings. The summed E-state index contributed by atoms with van der Waals surface area (Å²) in [5.41, 5.74) is 6.69. The van der Waals surface area contributed by atoms with Gasteiger partial charge in [0.05, 0.1) is 22.2 Å². The Hall–Kier alpha value is -1.85. The summed E-state index contributed by atoms with van der Waals surface area (Å²) in [6.45, 7) is 1.57. The third-order valence-electron chi connectivity index (χ3n) is 3.39. The van der Waals surface area contributed by atoms with E-state index in [-0.39, 0.29) is 12.5 Å². The van der Waals surface area contributed by atoms with Crippen LogP contribution in [0.3, 0.4) is 0 Å². The average Bonchev–Trinajstić information content (AvgIpc) is 2.50. The van der Waals surface area contributed by atoms with Crippen molar-refractivity contribution < 1.29 is 9.90 Å². The standard InChI is InChI=1S/C16H17BrN2O2/c1-16(10-20,11-6-3-2-4-7-11)19-15(21)12-8-5-9-13(18)14(12)17/h2-9,20H,10,18H2,1H3,(H,19,21). The van der Waals surface area contributed by atoms with Crippen LogP contribution in [0, 0.1) is 0 Å². The number of hydrogen-bond donors (Lipinski definition) is 3. The smallest absolute Gasteiger partial charge is 0.253 e. The molecule has 0 aliphatic heterocycles. The number of benzene rings is 2. The summed E-state index contributed by atoms with van der Waals surface area (Å²) in [6.07, 6.45) is 0. The maximum absolute atomic E-state index is 12.5. The number of carbonyl (C=O) groups is 1. The van der Waals surface area contributed by atoms with Gasteiger partial charge in [-0.15, -0.1) is 0 Å². The quantitative estimate of drug-likeness (QED) is 0.743. The first kappa shape index (κ1) is 15.5. The van der Waals surface area contributed by atoms with Gasteiger partial charge >= 0.3 is 0 Å². The SMILES string of the molecule is CC(CO)(NC(=O)c1cccc(N)c1Br)c1ccccc1. The summed E-state index contributed by atoms with van der Waals surface area (Å²) in [4.78, 5) is 12.5. The molecule has 4 N–H and O–H groups in total. The van der Waals surface area contributed by atoms with Gasteiger partial charge in [-0.3, -0.25) is 4.79 Å². The molecule has 0 aliphatic carbocycles. The van der Waals surface area contributed by atoms with Crippen LogP contribution in [0.1, 0.15) is 22.8 Å². The highest BCUT2D eigenvalue weighted by Gasteiger charge is 2.28.